The molecular formula is C13H15BrN4. The number of benzene rings is 1. The number of nitrogens with zero attached hydrogens (tertiary/aromatic N) is 2. The predicted octanol–water partition coefficient (Wildman–Crippen LogP) is 2.91. The highest BCUT2D eigenvalue weighted by atomic mass is 79.9. The van der Waals surface area contributed by atoms with Gasteiger partial charge in [0.2, 0.25) is 5.78 Å². The number of aromatic amines is 1. The molecule has 0 radical (unpaired) electrons. The summed E-state index contributed by atoms with van der Waals surface area (Å²) in [4.78, 5) is 7.97. The van der Waals surface area contributed by atoms with E-state index in [0.29, 0.717) is 0 Å². The van der Waals surface area contributed by atoms with Crippen molar-refractivity contribution in [3.63, 3.8) is 0 Å². The van der Waals surface area contributed by atoms with Crippen LogP contribution in [0.1, 0.15) is 16.8 Å². The Bertz CT molecular complexity index is 738. The average Bonchev–Trinajstić information content (AvgIpc) is 2.79. The van der Waals surface area contributed by atoms with Gasteiger partial charge < -0.3 is 10.3 Å². The van der Waals surface area contributed by atoms with Gasteiger partial charge in [-0.05, 0) is 60.1 Å². The van der Waals surface area contributed by atoms with Gasteiger partial charge in [0.05, 0.1) is 16.7 Å². The zero-order chi connectivity index (χ0) is 12.9. The smallest absolute Gasteiger partial charge is 0.213 e. The zero-order valence-corrected chi connectivity index (χ0v) is 12.2. The Morgan fingerprint density at radius 3 is 2.78 bits per heavy atom. The van der Waals surface area contributed by atoms with Crippen LogP contribution in [-0.4, -0.2) is 21.4 Å². The maximum absolute atomic E-state index is 4.63. The number of halogens is 1. The summed E-state index contributed by atoms with van der Waals surface area (Å²) in [6.07, 6.45) is 0. The van der Waals surface area contributed by atoms with Crippen molar-refractivity contribution < 1.29 is 0 Å². The normalized spacial score (nSPS) is 11.8. The van der Waals surface area contributed by atoms with Crippen molar-refractivity contribution >= 4 is 32.7 Å². The van der Waals surface area contributed by atoms with E-state index >= 15 is 0 Å². The van der Waals surface area contributed by atoms with E-state index in [2.05, 4.69) is 61.6 Å². The van der Waals surface area contributed by atoms with Crippen LogP contribution in [0.3, 0.4) is 0 Å². The molecule has 4 nitrogen and oxygen atoms in total. The van der Waals surface area contributed by atoms with Crippen molar-refractivity contribution in [2.75, 3.05) is 7.05 Å². The molecule has 5 heteroatoms. The number of hydrogen-bond acceptors (Lipinski definition) is 2. The molecule has 0 saturated heterocycles. The van der Waals surface area contributed by atoms with Crippen LogP contribution >= 0.6 is 15.9 Å². The van der Waals surface area contributed by atoms with Gasteiger partial charge in [-0.25, -0.2) is 4.98 Å². The van der Waals surface area contributed by atoms with Crippen LogP contribution in [0, 0.1) is 13.8 Å². The monoisotopic (exact) mass is 306 g/mol. The number of hydrogen-bond donors (Lipinski definition) is 2. The van der Waals surface area contributed by atoms with E-state index in [9.17, 15) is 0 Å². The van der Waals surface area contributed by atoms with Gasteiger partial charge in [-0.15, -0.1) is 0 Å². The molecule has 0 atom stereocenters. The molecule has 0 spiro atoms. The lowest BCUT2D eigenvalue weighted by Crippen LogP contribution is -2.05. The highest BCUT2D eigenvalue weighted by Crippen LogP contribution is 2.26. The van der Waals surface area contributed by atoms with E-state index in [1.54, 1.807) is 0 Å². The molecule has 94 valence electrons. The quantitative estimate of drug-likeness (QED) is 0.764. The van der Waals surface area contributed by atoms with Gasteiger partial charge in [0.25, 0.3) is 0 Å². The average molecular weight is 307 g/mol. The van der Waals surface area contributed by atoms with Crippen molar-refractivity contribution in [2.45, 2.75) is 20.4 Å². The van der Waals surface area contributed by atoms with Crippen LogP contribution in [0.15, 0.2) is 16.7 Å². The highest BCUT2D eigenvalue weighted by molar-refractivity contribution is 9.10. The molecule has 2 N–H and O–H groups in total. The summed E-state index contributed by atoms with van der Waals surface area (Å²) in [5, 5.41) is 3.14. The summed E-state index contributed by atoms with van der Waals surface area (Å²) in [5.74, 6) is 0.882. The van der Waals surface area contributed by atoms with E-state index in [-0.39, 0.29) is 0 Å². The molecule has 0 unspecified atom stereocenters. The number of nitrogens with one attached hydrogen (secondary N) is 2. The van der Waals surface area contributed by atoms with Gasteiger partial charge in [0, 0.05) is 6.54 Å². The summed E-state index contributed by atoms with van der Waals surface area (Å²) >= 11 is 3.65. The van der Waals surface area contributed by atoms with E-state index in [0.717, 1.165) is 33.7 Å². The first kappa shape index (κ1) is 11.7. The molecule has 3 rings (SSSR count). The minimum atomic E-state index is 0.788. The second kappa shape index (κ2) is 4.10. The molecule has 0 aliphatic rings. The van der Waals surface area contributed by atoms with Gasteiger partial charge >= 0.3 is 0 Å². The largest absolute Gasteiger partial charge is 0.325 e. The maximum atomic E-state index is 4.63. The third-order valence-corrected chi connectivity index (χ3v) is 4.16. The van der Waals surface area contributed by atoms with Crippen LogP contribution < -0.4 is 5.32 Å². The molecule has 0 aliphatic heterocycles. The van der Waals surface area contributed by atoms with E-state index < -0.39 is 0 Å². The Morgan fingerprint density at radius 1 is 1.33 bits per heavy atom. The first-order chi connectivity index (χ1) is 8.61. The van der Waals surface area contributed by atoms with Gasteiger partial charge in [0.1, 0.15) is 4.60 Å². The lowest BCUT2D eigenvalue weighted by Gasteiger charge is -2.01. The molecule has 1 aromatic carbocycles. The van der Waals surface area contributed by atoms with E-state index in [1.165, 1.54) is 11.1 Å². The van der Waals surface area contributed by atoms with E-state index in [4.69, 9.17) is 0 Å². The number of aromatic nitrogens is 3. The lowest BCUT2D eigenvalue weighted by molar-refractivity contribution is 0.793. The third kappa shape index (κ3) is 1.58. The number of H-pyrrole nitrogens is 1. The van der Waals surface area contributed by atoms with Crippen LogP contribution in [0.4, 0.5) is 0 Å². The fourth-order valence-corrected chi connectivity index (χ4v) is 2.83. The minimum Gasteiger partial charge on any atom is -0.325 e. The fourth-order valence-electron chi connectivity index (χ4n) is 2.23. The standard InChI is InChI=1S/C13H15BrN4/c1-7-4-9-11(5-8(7)2)18-12(14)10(6-15-3)17-13(18)16-9/h4-5,15H,6H2,1-3H3,(H,16,17). The molecule has 2 aromatic heterocycles. The zero-order valence-electron chi connectivity index (χ0n) is 10.6. The van der Waals surface area contributed by atoms with Crippen molar-refractivity contribution in [3.05, 3.63) is 33.6 Å². The topological polar surface area (TPSA) is 45.1 Å². The minimum absolute atomic E-state index is 0.788. The van der Waals surface area contributed by atoms with Crippen molar-refractivity contribution in [1.29, 1.82) is 0 Å². The molecule has 0 amide bonds. The molecule has 2 heterocycles. The summed E-state index contributed by atoms with van der Waals surface area (Å²) in [6, 6.07) is 4.32. The Labute approximate surface area is 114 Å². The second-order valence-corrected chi connectivity index (χ2v) is 5.37. The Kier molecular flexibility index (Phi) is 2.68. The first-order valence-corrected chi connectivity index (χ1v) is 6.71. The summed E-state index contributed by atoms with van der Waals surface area (Å²) in [6.45, 7) is 5.03. The number of imidazole rings is 2. The third-order valence-electron chi connectivity index (χ3n) is 3.33. The summed E-state index contributed by atoms with van der Waals surface area (Å²) in [5.41, 5.74) is 5.84. The van der Waals surface area contributed by atoms with Crippen molar-refractivity contribution in [1.82, 2.24) is 19.7 Å². The van der Waals surface area contributed by atoms with Crippen LogP contribution in [0.5, 0.6) is 0 Å². The summed E-state index contributed by atoms with van der Waals surface area (Å²) in [7, 11) is 1.93. The molecule has 18 heavy (non-hydrogen) atoms. The summed E-state index contributed by atoms with van der Waals surface area (Å²) < 4.78 is 3.16. The van der Waals surface area contributed by atoms with Gasteiger partial charge in [0.15, 0.2) is 0 Å². The van der Waals surface area contributed by atoms with Gasteiger partial charge in [-0.3, -0.25) is 4.40 Å². The predicted molar refractivity (Wildman–Crippen MR) is 77.0 cm³/mol. The van der Waals surface area contributed by atoms with E-state index in [1.807, 2.05) is 7.05 Å². The molecule has 3 aromatic rings. The molecule has 0 bridgehead atoms. The molecule has 0 aliphatic carbocycles. The SMILES string of the molecule is CNCc1[nH]c2nc3cc(C)c(C)cc3n2c1Br. The lowest BCUT2D eigenvalue weighted by atomic mass is 10.1. The van der Waals surface area contributed by atoms with Crippen molar-refractivity contribution in [3.8, 4) is 0 Å². The molecular weight excluding hydrogens is 292 g/mol. The maximum Gasteiger partial charge on any atom is 0.213 e. The Hall–Kier alpha value is -1.33. The Morgan fingerprint density at radius 2 is 2.06 bits per heavy atom. The van der Waals surface area contributed by atoms with Gasteiger partial charge in [-0.2, -0.15) is 0 Å². The number of fused-ring (bicyclic) bond motifs is 3. The highest BCUT2D eigenvalue weighted by Gasteiger charge is 2.14. The Balaban J connectivity index is 2.36. The first-order valence-electron chi connectivity index (χ1n) is 5.92. The molecule has 0 fully saturated rings. The van der Waals surface area contributed by atoms with Gasteiger partial charge in [-0.1, -0.05) is 0 Å². The number of rotatable bonds is 2. The fraction of sp³-hybridized carbons (Fsp3) is 0.308. The van der Waals surface area contributed by atoms with Crippen LogP contribution in [0.2, 0.25) is 0 Å². The van der Waals surface area contributed by atoms with Crippen molar-refractivity contribution in [2.24, 2.45) is 0 Å². The second-order valence-electron chi connectivity index (χ2n) is 4.62. The number of aryl methyl sites for hydroxylation is 2. The van der Waals surface area contributed by atoms with Crippen LogP contribution in [-0.2, 0) is 6.54 Å². The molecule has 0 saturated carbocycles. The van der Waals surface area contributed by atoms with Crippen LogP contribution in [0.25, 0.3) is 16.8 Å².